The van der Waals surface area contributed by atoms with Crippen molar-refractivity contribution in [1.29, 1.82) is 0 Å². The summed E-state index contributed by atoms with van der Waals surface area (Å²) in [5.74, 6) is -0.515. The van der Waals surface area contributed by atoms with Gasteiger partial charge >= 0.3 is 0 Å². The number of allylic oxidation sites excluding steroid dienone is 1. The van der Waals surface area contributed by atoms with Crippen molar-refractivity contribution < 1.29 is 9.18 Å². The van der Waals surface area contributed by atoms with Crippen LogP contribution < -0.4 is 5.32 Å². The lowest BCUT2D eigenvalue weighted by atomic mass is 10.0. The van der Waals surface area contributed by atoms with E-state index in [1.54, 1.807) is 53.1 Å². The molecule has 0 radical (unpaired) electrons. The highest BCUT2D eigenvalue weighted by Gasteiger charge is 2.22. The lowest BCUT2D eigenvalue weighted by Crippen LogP contribution is -2.29. The first kappa shape index (κ1) is 23.5. The summed E-state index contributed by atoms with van der Waals surface area (Å²) < 4.78 is 15.0. The third-order valence-electron chi connectivity index (χ3n) is 5.15. The molecule has 1 unspecified atom stereocenters. The zero-order valence-corrected chi connectivity index (χ0v) is 19.3. The van der Waals surface area contributed by atoms with E-state index in [2.05, 4.69) is 35.0 Å². The molecule has 5 nitrogen and oxygen atoms in total. The molecule has 1 atom stereocenters. The number of halogens is 1. The Balaban J connectivity index is 1.91. The topological polar surface area (TPSA) is 59.8 Å². The summed E-state index contributed by atoms with van der Waals surface area (Å²) in [6, 6.07) is 7.93. The van der Waals surface area contributed by atoms with E-state index in [0.717, 1.165) is 23.3 Å². The number of amides is 1. The van der Waals surface area contributed by atoms with Gasteiger partial charge in [-0.2, -0.15) is 5.10 Å². The van der Waals surface area contributed by atoms with Crippen LogP contribution in [0.1, 0.15) is 49.6 Å². The van der Waals surface area contributed by atoms with Crippen LogP contribution in [0.2, 0.25) is 0 Å². The summed E-state index contributed by atoms with van der Waals surface area (Å²) in [5, 5.41) is 7.59. The van der Waals surface area contributed by atoms with Gasteiger partial charge in [-0.25, -0.2) is 9.07 Å². The summed E-state index contributed by atoms with van der Waals surface area (Å²) >= 11 is 1.62. The van der Waals surface area contributed by atoms with E-state index in [9.17, 15) is 9.18 Å². The predicted molar refractivity (Wildman–Crippen MR) is 129 cm³/mol. The van der Waals surface area contributed by atoms with Gasteiger partial charge in [-0.05, 0) is 61.6 Å². The number of thioether (sulfide) groups is 1. The van der Waals surface area contributed by atoms with Gasteiger partial charge in [0, 0.05) is 28.4 Å². The van der Waals surface area contributed by atoms with Gasteiger partial charge in [0.2, 0.25) is 0 Å². The monoisotopic (exact) mass is 450 g/mol. The molecule has 1 amide bonds. The third-order valence-corrected chi connectivity index (χ3v) is 5.84. The molecule has 0 aliphatic carbocycles. The number of hydrogen-bond donors (Lipinski definition) is 1. The van der Waals surface area contributed by atoms with Crippen LogP contribution >= 0.6 is 11.8 Å². The minimum atomic E-state index is -0.322. The van der Waals surface area contributed by atoms with Crippen molar-refractivity contribution in [1.82, 2.24) is 20.1 Å². The lowest BCUT2D eigenvalue weighted by Gasteiger charge is -2.20. The summed E-state index contributed by atoms with van der Waals surface area (Å²) in [7, 11) is 0. The van der Waals surface area contributed by atoms with Crippen molar-refractivity contribution >= 4 is 29.3 Å². The van der Waals surface area contributed by atoms with Crippen LogP contribution in [-0.2, 0) is 4.79 Å². The van der Waals surface area contributed by atoms with Gasteiger partial charge in [-0.1, -0.05) is 26.0 Å². The van der Waals surface area contributed by atoms with Crippen LogP contribution in [0.3, 0.4) is 0 Å². The van der Waals surface area contributed by atoms with E-state index < -0.39 is 0 Å². The number of benzene rings is 1. The molecule has 166 valence electrons. The number of carbonyl (C=O) groups excluding carboxylic acids is 1. The smallest absolute Gasteiger partial charge is 0.252 e. The molecule has 3 rings (SSSR count). The number of rotatable bonds is 9. The maximum atomic E-state index is 13.3. The quantitative estimate of drug-likeness (QED) is 0.329. The molecule has 0 saturated heterocycles. The van der Waals surface area contributed by atoms with Crippen molar-refractivity contribution in [3.8, 4) is 5.69 Å². The average molecular weight is 451 g/mol. The van der Waals surface area contributed by atoms with Gasteiger partial charge in [0.05, 0.1) is 23.6 Å². The molecule has 32 heavy (non-hydrogen) atoms. The van der Waals surface area contributed by atoms with Crippen molar-refractivity contribution in [2.24, 2.45) is 0 Å². The van der Waals surface area contributed by atoms with E-state index in [1.807, 2.05) is 19.4 Å². The molecule has 0 fully saturated rings. The fourth-order valence-corrected chi connectivity index (χ4v) is 3.96. The Bertz CT molecular complexity index is 1120. The van der Waals surface area contributed by atoms with Gasteiger partial charge in [0.15, 0.2) is 0 Å². The molecule has 0 bridgehead atoms. The lowest BCUT2D eigenvalue weighted by molar-refractivity contribution is -0.116. The van der Waals surface area contributed by atoms with E-state index in [0.29, 0.717) is 22.5 Å². The molecule has 7 heteroatoms. The molecule has 1 N–H and O–H groups in total. The number of pyridine rings is 1. The van der Waals surface area contributed by atoms with Crippen molar-refractivity contribution in [3.05, 3.63) is 84.2 Å². The van der Waals surface area contributed by atoms with Crippen molar-refractivity contribution in [2.45, 2.75) is 37.6 Å². The van der Waals surface area contributed by atoms with Crippen LogP contribution in [0.4, 0.5) is 4.39 Å². The summed E-state index contributed by atoms with van der Waals surface area (Å²) in [6.07, 6.45) is 12.4. The number of nitrogens with one attached hydrogen (secondary N) is 1. The van der Waals surface area contributed by atoms with Gasteiger partial charge in [-0.3, -0.25) is 9.78 Å². The second kappa shape index (κ2) is 10.9. The van der Waals surface area contributed by atoms with Crippen LogP contribution in [0.15, 0.2) is 66.5 Å². The highest BCUT2D eigenvalue weighted by atomic mass is 32.2. The highest BCUT2D eigenvalue weighted by molar-refractivity contribution is 7.98. The Morgan fingerprint density at radius 3 is 2.66 bits per heavy atom. The minimum Gasteiger partial charge on any atom is -0.345 e. The van der Waals surface area contributed by atoms with E-state index in [-0.39, 0.29) is 17.8 Å². The molecule has 0 spiro atoms. The van der Waals surface area contributed by atoms with Gasteiger partial charge < -0.3 is 5.32 Å². The first-order valence-electron chi connectivity index (χ1n) is 10.4. The zero-order valence-electron chi connectivity index (χ0n) is 18.5. The third kappa shape index (κ3) is 5.16. The molecule has 0 saturated carbocycles. The molecule has 0 aliphatic rings. The molecular formula is C25H27FN4OS. The fourth-order valence-electron chi connectivity index (χ4n) is 3.54. The van der Waals surface area contributed by atoms with Gasteiger partial charge in [0.1, 0.15) is 5.82 Å². The Morgan fingerprint density at radius 1 is 1.28 bits per heavy atom. The maximum Gasteiger partial charge on any atom is 0.252 e. The molecule has 2 aromatic heterocycles. The summed E-state index contributed by atoms with van der Waals surface area (Å²) in [5.41, 5.74) is 3.50. The second-order valence-corrected chi connectivity index (χ2v) is 8.09. The van der Waals surface area contributed by atoms with Crippen LogP contribution in [-0.4, -0.2) is 26.9 Å². The summed E-state index contributed by atoms with van der Waals surface area (Å²) in [6.45, 7) is 7.80. The molecule has 1 aromatic carbocycles. The van der Waals surface area contributed by atoms with Crippen LogP contribution in [0.25, 0.3) is 17.3 Å². The highest BCUT2D eigenvalue weighted by Crippen LogP contribution is 2.27. The first-order valence-corrected chi connectivity index (χ1v) is 11.7. The second-order valence-electron chi connectivity index (χ2n) is 7.21. The summed E-state index contributed by atoms with van der Waals surface area (Å²) in [4.78, 5) is 18.7. The predicted octanol–water partition coefficient (Wildman–Crippen LogP) is 5.83. The number of aromatic nitrogens is 3. The number of hydrogen-bond acceptors (Lipinski definition) is 4. The van der Waals surface area contributed by atoms with E-state index >= 15 is 0 Å². The van der Waals surface area contributed by atoms with Gasteiger partial charge in [-0.15, -0.1) is 11.8 Å². The molecular weight excluding hydrogens is 423 g/mol. The van der Waals surface area contributed by atoms with E-state index in [4.69, 9.17) is 0 Å². The van der Waals surface area contributed by atoms with Crippen LogP contribution in [0, 0.1) is 5.82 Å². The average Bonchev–Trinajstić information content (AvgIpc) is 3.23. The Morgan fingerprint density at radius 2 is 2.03 bits per heavy atom. The maximum absolute atomic E-state index is 13.3. The molecule has 2 heterocycles. The Labute approximate surface area is 192 Å². The normalized spacial score (nSPS) is 12.4. The van der Waals surface area contributed by atoms with Crippen molar-refractivity contribution in [2.75, 3.05) is 6.26 Å². The van der Waals surface area contributed by atoms with Crippen LogP contribution in [0.5, 0.6) is 0 Å². The van der Waals surface area contributed by atoms with E-state index in [1.165, 1.54) is 12.1 Å². The van der Waals surface area contributed by atoms with Gasteiger partial charge in [0.25, 0.3) is 5.91 Å². The Kier molecular flexibility index (Phi) is 8.00. The zero-order chi connectivity index (χ0) is 23.1. The SMILES string of the molecule is C=Cc1c(/C(=C\C)C(=O)NC(CCC)c2cncc(SC)c2)cnn1-c1ccc(F)cc1. The molecule has 0 aliphatic heterocycles. The largest absolute Gasteiger partial charge is 0.345 e. The standard InChI is InChI=1S/C25H27FN4OS/c1-5-8-23(17-13-20(32-4)15-27-14-17)29-25(31)21(6-2)22-16-28-30(24(22)7-3)19-11-9-18(26)10-12-19/h6-7,9-16,23H,3,5,8H2,1-2,4H3,(H,29,31)/b21-6+. The minimum absolute atomic E-state index is 0.152. The first-order chi connectivity index (χ1) is 15.5. The number of nitrogens with zero attached hydrogens (tertiary/aromatic N) is 3. The fraction of sp³-hybridized carbons (Fsp3) is 0.240. The number of carbonyl (C=O) groups is 1. The molecule has 3 aromatic rings. The van der Waals surface area contributed by atoms with Crippen molar-refractivity contribution in [3.63, 3.8) is 0 Å². The Hall–Kier alpha value is -3.19.